The molecule has 0 spiro atoms. The van der Waals surface area contributed by atoms with Crippen LogP contribution in [0.15, 0.2) is 24.3 Å². The van der Waals surface area contributed by atoms with Crippen LogP contribution in [0.2, 0.25) is 5.02 Å². The molecule has 1 saturated carbocycles. The maximum Gasteiger partial charge on any atom is 0.471 e. The lowest BCUT2D eigenvalue weighted by atomic mass is 9.86. The van der Waals surface area contributed by atoms with Gasteiger partial charge in [0.1, 0.15) is 0 Å². The molecular weight excluding hydrogens is 497 g/mol. The van der Waals surface area contributed by atoms with Gasteiger partial charge in [0.25, 0.3) is 0 Å². The van der Waals surface area contributed by atoms with Crippen LogP contribution in [0.1, 0.15) is 51.5 Å². The molecule has 2 atom stereocenters. The molecule has 36 heavy (non-hydrogen) atoms. The Morgan fingerprint density at radius 2 is 1.69 bits per heavy atom. The zero-order valence-corrected chi connectivity index (χ0v) is 20.9. The summed E-state index contributed by atoms with van der Waals surface area (Å²) in [5.41, 5.74) is 3.31. The molecule has 0 aromatic heterocycles. The highest BCUT2D eigenvalue weighted by Crippen LogP contribution is 2.36. The third-order valence-electron chi connectivity index (χ3n) is 7.40. The van der Waals surface area contributed by atoms with Crippen LogP contribution in [0.3, 0.4) is 0 Å². The van der Waals surface area contributed by atoms with E-state index in [4.69, 9.17) is 16.4 Å². The normalized spacial score (nSPS) is 19.9. The Morgan fingerprint density at radius 1 is 1.11 bits per heavy atom. The van der Waals surface area contributed by atoms with E-state index in [1.54, 1.807) is 12.1 Å². The maximum atomic E-state index is 13.5. The number of hydroxylamine groups is 1. The molecule has 1 saturated heterocycles. The van der Waals surface area contributed by atoms with E-state index in [-0.39, 0.29) is 31.7 Å². The molecule has 1 aliphatic heterocycles. The second-order valence-electron chi connectivity index (χ2n) is 9.42. The van der Waals surface area contributed by atoms with Crippen LogP contribution in [-0.4, -0.2) is 79.7 Å². The quantitative estimate of drug-likeness (QED) is 0.469. The summed E-state index contributed by atoms with van der Waals surface area (Å²) in [6, 6.07) is 7.43. The first-order valence-electron chi connectivity index (χ1n) is 12.0. The van der Waals surface area contributed by atoms with Crippen molar-refractivity contribution in [3.8, 4) is 0 Å². The first-order chi connectivity index (χ1) is 16.6. The molecule has 7 nitrogen and oxygen atoms in total. The van der Waals surface area contributed by atoms with Gasteiger partial charge < -0.3 is 15.1 Å². The summed E-state index contributed by atoms with van der Waals surface area (Å²) < 4.78 is 38.1. The van der Waals surface area contributed by atoms with Crippen molar-refractivity contribution in [1.82, 2.24) is 20.6 Å². The number of piperazine rings is 1. The van der Waals surface area contributed by atoms with E-state index in [1.165, 1.54) is 7.11 Å². The van der Waals surface area contributed by atoms with Gasteiger partial charge in [-0.1, -0.05) is 50.9 Å². The van der Waals surface area contributed by atoms with E-state index in [9.17, 15) is 22.8 Å². The molecule has 2 unspecified atom stereocenters. The van der Waals surface area contributed by atoms with Crippen LogP contribution >= 0.6 is 11.6 Å². The number of hydrogen-bond acceptors (Lipinski definition) is 5. The third-order valence-corrected chi connectivity index (χ3v) is 7.65. The monoisotopic (exact) mass is 534 g/mol. The van der Waals surface area contributed by atoms with E-state index in [0.29, 0.717) is 37.7 Å². The Labute approximate surface area is 216 Å². The maximum absolute atomic E-state index is 13.5. The zero-order valence-electron chi connectivity index (χ0n) is 20.2. The molecule has 1 aromatic rings. The van der Waals surface area contributed by atoms with Crippen LogP contribution < -0.4 is 10.8 Å². The number of alkyl halides is 3. The van der Waals surface area contributed by atoms with Gasteiger partial charge >= 0.3 is 12.1 Å². The second-order valence-corrected chi connectivity index (χ2v) is 9.86. The average molecular weight is 535 g/mol. The summed E-state index contributed by atoms with van der Waals surface area (Å²) in [6.45, 7) is 4.35. The van der Waals surface area contributed by atoms with Gasteiger partial charge in [0, 0.05) is 49.8 Å². The molecule has 2 N–H and O–H groups in total. The number of carbonyl (C=O) groups is 2. The Morgan fingerprint density at radius 3 is 2.22 bits per heavy atom. The fraction of sp³-hybridized carbons (Fsp3) is 0.680. The molecule has 1 aromatic carbocycles. The standard InChI is InChI=1S/C24H34ClF3N4O3.CH4/c1-17(18-5-7-19(25)8-6-18)20(15-30-35-2)21(33)31-11-13-32(14-12-31)23(9-3-4-10-23)16-29-22(34)24(26,27)28;/h5-8,17,20,30H,3-4,9-16H2,1-2H3,(H,29,34);1H4. The average Bonchev–Trinajstić information content (AvgIpc) is 3.32. The van der Waals surface area contributed by atoms with E-state index < -0.39 is 17.6 Å². The van der Waals surface area contributed by atoms with Crippen LogP contribution in [0.5, 0.6) is 0 Å². The first kappa shape index (κ1) is 30.3. The Hall–Kier alpha value is -1.88. The van der Waals surface area contributed by atoms with Crippen LogP contribution in [0.4, 0.5) is 13.2 Å². The summed E-state index contributed by atoms with van der Waals surface area (Å²) in [7, 11) is 1.51. The van der Waals surface area contributed by atoms with Gasteiger partial charge in [0.05, 0.1) is 13.0 Å². The lowest BCUT2D eigenvalue weighted by Crippen LogP contribution is -2.62. The van der Waals surface area contributed by atoms with Gasteiger partial charge in [0.2, 0.25) is 5.91 Å². The number of halogens is 4. The Bertz CT molecular complexity index is 855. The van der Waals surface area contributed by atoms with Crippen molar-refractivity contribution in [3.63, 3.8) is 0 Å². The Balaban J connectivity index is 0.00000456. The van der Waals surface area contributed by atoms with Crippen molar-refractivity contribution < 1.29 is 27.6 Å². The highest BCUT2D eigenvalue weighted by molar-refractivity contribution is 6.30. The van der Waals surface area contributed by atoms with Crippen molar-refractivity contribution in [3.05, 3.63) is 34.9 Å². The fourth-order valence-corrected chi connectivity index (χ4v) is 5.39. The van der Waals surface area contributed by atoms with Gasteiger partial charge in [-0.3, -0.25) is 14.5 Å². The summed E-state index contributed by atoms with van der Waals surface area (Å²) in [5, 5.41) is 2.72. The van der Waals surface area contributed by atoms with E-state index >= 15 is 0 Å². The van der Waals surface area contributed by atoms with Crippen molar-refractivity contribution in [2.24, 2.45) is 5.92 Å². The number of amides is 2. The van der Waals surface area contributed by atoms with Gasteiger partial charge in [-0.2, -0.15) is 13.2 Å². The van der Waals surface area contributed by atoms with E-state index in [1.807, 2.05) is 24.0 Å². The highest BCUT2D eigenvalue weighted by atomic mass is 35.5. The lowest BCUT2D eigenvalue weighted by molar-refractivity contribution is -0.174. The van der Waals surface area contributed by atoms with Gasteiger partial charge in [-0.15, -0.1) is 0 Å². The van der Waals surface area contributed by atoms with Crippen molar-refractivity contribution in [2.45, 2.75) is 57.7 Å². The number of carbonyl (C=O) groups excluding carboxylic acids is 2. The van der Waals surface area contributed by atoms with Crippen LogP contribution in [-0.2, 0) is 14.4 Å². The molecule has 204 valence electrons. The molecule has 1 heterocycles. The molecule has 3 rings (SSSR count). The minimum absolute atomic E-state index is 0. The highest BCUT2D eigenvalue weighted by Gasteiger charge is 2.45. The largest absolute Gasteiger partial charge is 0.471 e. The predicted octanol–water partition coefficient (Wildman–Crippen LogP) is 3.98. The number of nitrogens with zero attached hydrogens (tertiary/aromatic N) is 2. The summed E-state index contributed by atoms with van der Waals surface area (Å²) in [5.74, 6) is -2.35. The van der Waals surface area contributed by atoms with Crippen molar-refractivity contribution >= 4 is 23.4 Å². The summed E-state index contributed by atoms with van der Waals surface area (Å²) in [4.78, 5) is 33.9. The number of rotatable bonds is 9. The molecular formula is C25H38ClF3N4O3. The minimum Gasteiger partial charge on any atom is -0.346 e. The van der Waals surface area contributed by atoms with E-state index in [0.717, 1.165) is 31.2 Å². The molecule has 2 fully saturated rings. The molecule has 2 aliphatic rings. The smallest absolute Gasteiger partial charge is 0.346 e. The third kappa shape index (κ3) is 7.34. The van der Waals surface area contributed by atoms with Gasteiger partial charge in [-0.25, -0.2) is 5.48 Å². The van der Waals surface area contributed by atoms with Crippen LogP contribution in [0, 0.1) is 5.92 Å². The van der Waals surface area contributed by atoms with Gasteiger partial charge in [-0.05, 0) is 36.5 Å². The number of hydrogen-bond donors (Lipinski definition) is 2. The fourth-order valence-electron chi connectivity index (χ4n) is 5.27. The molecule has 0 bridgehead atoms. The molecule has 11 heteroatoms. The van der Waals surface area contributed by atoms with Crippen molar-refractivity contribution in [1.29, 1.82) is 0 Å². The number of benzene rings is 1. The summed E-state index contributed by atoms with van der Waals surface area (Å²) in [6.07, 6.45) is -1.62. The minimum atomic E-state index is -4.89. The second kappa shape index (κ2) is 13.1. The summed E-state index contributed by atoms with van der Waals surface area (Å²) >= 11 is 6.01. The predicted molar refractivity (Wildman–Crippen MR) is 134 cm³/mol. The SMILES string of the molecule is C.CONCC(C(=O)N1CCN(C2(CNC(=O)C(F)(F)F)CCCC2)CC1)C(C)c1ccc(Cl)cc1. The van der Waals surface area contributed by atoms with Gasteiger partial charge in [0.15, 0.2) is 0 Å². The molecule has 2 amide bonds. The lowest BCUT2D eigenvalue weighted by Gasteiger charge is -2.46. The van der Waals surface area contributed by atoms with E-state index in [2.05, 4.69) is 15.7 Å². The Kier molecular flexibility index (Phi) is 11.0. The number of nitrogens with one attached hydrogen (secondary N) is 2. The topological polar surface area (TPSA) is 73.9 Å². The zero-order chi connectivity index (χ0) is 25.6. The molecule has 1 aliphatic carbocycles. The van der Waals surface area contributed by atoms with Crippen LogP contribution in [0.25, 0.3) is 0 Å². The first-order valence-corrected chi connectivity index (χ1v) is 12.4. The van der Waals surface area contributed by atoms with Crippen molar-refractivity contribution in [2.75, 3.05) is 46.4 Å². The molecule has 0 radical (unpaired) electrons.